The van der Waals surface area contributed by atoms with Gasteiger partial charge in [-0.15, -0.1) is 0 Å². The Morgan fingerprint density at radius 3 is 0.986 bits per heavy atom. The fraction of sp³-hybridized carbons (Fsp3) is 0. The molecule has 0 aromatic heterocycles. The summed E-state index contributed by atoms with van der Waals surface area (Å²) in [5.41, 5.74) is 13.8. The molecule has 338 valence electrons. The van der Waals surface area contributed by atoms with E-state index in [1.54, 1.807) is 0 Å². The summed E-state index contributed by atoms with van der Waals surface area (Å²) >= 11 is 0. The van der Waals surface area contributed by atoms with Gasteiger partial charge in [0.2, 0.25) is 0 Å². The molecule has 2 nitrogen and oxygen atoms in total. The summed E-state index contributed by atoms with van der Waals surface area (Å²) in [5, 5.41) is 12.1. The average molecular weight is 917 g/mol. The Hall–Kier alpha value is -9.50. The van der Waals surface area contributed by atoms with Crippen molar-refractivity contribution in [1.82, 2.24) is 0 Å². The minimum Gasteiger partial charge on any atom is -0.309 e. The number of rotatable bonds is 10. The van der Waals surface area contributed by atoms with Crippen molar-refractivity contribution in [3.8, 4) is 22.3 Å². The Kier molecular flexibility index (Phi) is 10.9. The van der Waals surface area contributed by atoms with Gasteiger partial charge in [0.1, 0.15) is 0 Å². The van der Waals surface area contributed by atoms with E-state index in [1.165, 1.54) is 87.5 Å². The molecule has 0 bridgehead atoms. The van der Waals surface area contributed by atoms with Crippen LogP contribution in [0, 0.1) is 0 Å². The van der Waals surface area contributed by atoms with Gasteiger partial charge < -0.3 is 9.80 Å². The zero-order valence-electron chi connectivity index (χ0n) is 39.6. The third-order valence-electron chi connectivity index (χ3n) is 14.1. The van der Waals surface area contributed by atoms with E-state index in [0.29, 0.717) is 0 Å². The zero-order valence-corrected chi connectivity index (χ0v) is 39.6. The van der Waals surface area contributed by atoms with Crippen LogP contribution < -0.4 is 9.80 Å². The summed E-state index contributed by atoms with van der Waals surface area (Å²) in [7, 11) is 0. The molecule has 13 rings (SSSR count). The summed E-state index contributed by atoms with van der Waals surface area (Å²) in [6.45, 7) is 0. The highest BCUT2D eigenvalue weighted by atomic mass is 15.2. The first-order valence-electron chi connectivity index (χ1n) is 24.7. The maximum atomic E-state index is 2.44. The molecule has 72 heavy (non-hydrogen) atoms. The third kappa shape index (κ3) is 8.01. The van der Waals surface area contributed by atoms with E-state index in [0.717, 1.165) is 33.9 Å². The number of nitrogens with zero attached hydrogens (tertiary/aromatic N) is 2. The quantitative estimate of drug-likeness (QED) is 0.0996. The summed E-state index contributed by atoms with van der Waals surface area (Å²) in [4.78, 5) is 4.87. The molecule has 0 atom stereocenters. The molecule has 0 aliphatic carbocycles. The normalized spacial score (nSPS) is 11.6. The van der Waals surface area contributed by atoms with Crippen molar-refractivity contribution >= 4 is 100 Å². The van der Waals surface area contributed by atoms with Crippen LogP contribution in [-0.2, 0) is 0 Å². The highest BCUT2D eigenvalue weighted by Gasteiger charge is 2.21. The summed E-state index contributed by atoms with van der Waals surface area (Å²) in [6, 6.07) is 101. The van der Waals surface area contributed by atoms with E-state index in [-0.39, 0.29) is 0 Å². The van der Waals surface area contributed by atoms with E-state index in [1.807, 2.05) is 0 Å². The summed E-state index contributed by atoms with van der Waals surface area (Å²) in [6.07, 6.45) is 4.45. The van der Waals surface area contributed by atoms with E-state index < -0.39 is 0 Å². The van der Waals surface area contributed by atoms with Crippen molar-refractivity contribution in [2.75, 3.05) is 9.80 Å². The Balaban J connectivity index is 0.847. The predicted molar refractivity (Wildman–Crippen MR) is 310 cm³/mol. The topological polar surface area (TPSA) is 6.48 Å². The number of anilines is 6. The molecule has 0 spiro atoms. The Labute approximate surface area is 420 Å². The lowest BCUT2D eigenvalue weighted by Gasteiger charge is -2.29. The minimum absolute atomic E-state index is 1.10. The van der Waals surface area contributed by atoms with Crippen LogP contribution >= 0.6 is 0 Å². The van der Waals surface area contributed by atoms with Crippen LogP contribution in [0.15, 0.2) is 279 Å². The van der Waals surface area contributed by atoms with Gasteiger partial charge in [-0.2, -0.15) is 0 Å². The van der Waals surface area contributed by atoms with Crippen LogP contribution in [-0.4, -0.2) is 0 Å². The number of benzene rings is 13. The van der Waals surface area contributed by atoms with Gasteiger partial charge in [-0.25, -0.2) is 0 Å². The molecule has 13 aromatic carbocycles. The third-order valence-corrected chi connectivity index (χ3v) is 14.1. The molecule has 0 saturated carbocycles. The Morgan fingerprint density at radius 2 is 0.528 bits per heavy atom. The molecule has 0 aliphatic rings. The Bertz CT molecular complexity index is 4010. The van der Waals surface area contributed by atoms with Crippen molar-refractivity contribution < 1.29 is 0 Å². The first-order valence-corrected chi connectivity index (χ1v) is 24.7. The van der Waals surface area contributed by atoms with Crippen LogP contribution in [0.1, 0.15) is 11.1 Å². The van der Waals surface area contributed by atoms with Gasteiger partial charge in [0, 0.05) is 44.3 Å². The second-order valence-electron chi connectivity index (χ2n) is 18.5. The highest BCUT2D eigenvalue weighted by molar-refractivity contribution is 6.16. The van der Waals surface area contributed by atoms with Crippen LogP contribution in [0.2, 0.25) is 0 Å². The Morgan fingerprint density at radius 1 is 0.208 bits per heavy atom. The van der Waals surface area contributed by atoms with Gasteiger partial charge in [-0.05, 0) is 132 Å². The molecule has 0 fully saturated rings. The fourth-order valence-corrected chi connectivity index (χ4v) is 10.6. The standard InChI is InChI=1S/C70H48N2/c1-3-15-51(16-4-1)53-33-40-62(41-34-53)71(69-65-23-11-7-19-57(65)46-58-20-8-12-24-66(58)69)61-38-30-49(31-39-61)27-28-50-29-32-56-48-64(44-37-55(56)45-50)72(63-42-35-54(36-43-63)52-17-5-2-6-18-52)70-67-25-13-9-21-59(67)47-60-22-10-14-26-68(60)70/h1-48H/b28-27+. The van der Waals surface area contributed by atoms with Gasteiger partial charge in [0.05, 0.1) is 11.4 Å². The first kappa shape index (κ1) is 42.6. The maximum Gasteiger partial charge on any atom is 0.0618 e. The van der Waals surface area contributed by atoms with Crippen molar-refractivity contribution in [1.29, 1.82) is 0 Å². The van der Waals surface area contributed by atoms with Gasteiger partial charge in [0.25, 0.3) is 0 Å². The van der Waals surface area contributed by atoms with Gasteiger partial charge in [-0.3, -0.25) is 0 Å². The molecule has 0 saturated heterocycles. The molecular formula is C70H48N2. The lowest BCUT2D eigenvalue weighted by molar-refractivity contribution is 1.31. The fourth-order valence-electron chi connectivity index (χ4n) is 10.6. The van der Waals surface area contributed by atoms with Crippen LogP contribution in [0.4, 0.5) is 34.1 Å². The molecule has 2 heteroatoms. The van der Waals surface area contributed by atoms with Crippen LogP contribution in [0.25, 0.3) is 88.3 Å². The maximum absolute atomic E-state index is 2.44. The molecule has 0 heterocycles. The van der Waals surface area contributed by atoms with E-state index in [2.05, 4.69) is 301 Å². The first-order chi connectivity index (χ1) is 35.7. The van der Waals surface area contributed by atoms with Crippen LogP contribution in [0.3, 0.4) is 0 Å². The molecular weight excluding hydrogens is 869 g/mol. The minimum atomic E-state index is 1.10. The molecule has 0 radical (unpaired) electrons. The summed E-state index contributed by atoms with van der Waals surface area (Å²) < 4.78 is 0. The molecule has 0 amide bonds. The second kappa shape index (κ2) is 18.4. The number of fused-ring (bicyclic) bond motifs is 5. The van der Waals surface area contributed by atoms with Crippen LogP contribution in [0.5, 0.6) is 0 Å². The van der Waals surface area contributed by atoms with Crippen molar-refractivity contribution in [3.05, 3.63) is 290 Å². The van der Waals surface area contributed by atoms with Crippen molar-refractivity contribution in [3.63, 3.8) is 0 Å². The predicted octanol–water partition coefficient (Wildman–Crippen LogP) is 19.9. The molecule has 0 unspecified atom stereocenters. The summed E-state index contributed by atoms with van der Waals surface area (Å²) in [5.74, 6) is 0. The monoisotopic (exact) mass is 916 g/mol. The van der Waals surface area contributed by atoms with E-state index >= 15 is 0 Å². The van der Waals surface area contributed by atoms with Crippen molar-refractivity contribution in [2.24, 2.45) is 0 Å². The lowest BCUT2D eigenvalue weighted by atomic mass is 9.98. The van der Waals surface area contributed by atoms with E-state index in [4.69, 9.17) is 0 Å². The van der Waals surface area contributed by atoms with Gasteiger partial charge >= 0.3 is 0 Å². The zero-order chi connectivity index (χ0) is 47.8. The van der Waals surface area contributed by atoms with Gasteiger partial charge in [0.15, 0.2) is 0 Å². The van der Waals surface area contributed by atoms with Crippen molar-refractivity contribution in [2.45, 2.75) is 0 Å². The average Bonchev–Trinajstić information content (AvgIpc) is 3.45. The number of hydrogen-bond acceptors (Lipinski definition) is 2. The molecule has 0 N–H and O–H groups in total. The largest absolute Gasteiger partial charge is 0.309 e. The molecule has 0 aliphatic heterocycles. The lowest BCUT2D eigenvalue weighted by Crippen LogP contribution is -2.11. The number of hydrogen-bond donors (Lipinski definition) is 0. The highest BCUT2D eigenvalue weighted by Crippen LogP contribution is 2.46. The van der Waals surface area contributed by atoms with E-state index in [9.17, 15) is 0 Å². The smallest absolute Gasteiger partial charge is 0.0618 e. The second-order valence-corrected chi connectivity index (χ2v) is 18.5. The molecule has 13 aromatic rings. The van der Waals surface area contributed by atoms with Gasteiger partial charge in [-0.1, -0.05) is 224 Å². The SMILES string of the molecule is C(=C\c1ccc2cc(N(c3ccc(-c4ccccc4)cc3)c3c4ccccc4cc4ccccc34)ccc2c1)/c1ccc(N(c2ccc(-c3ccccc3)cc2)c2c3ccccc3cc3ccccc23)cc1.